The molecular weight excluding hydrogens is 411 g/mol. The molecule has 1 fully saturated rings. The molecule has 156 valence electrons. The quantitative estimate of drug-likeness (QED) is 0.667. The molecule has 1 aliphatic heterocycles. The Morgan fingerprint density at radius 3 is 2.70 bits per heavy atom. The molecule has 0 saturated carbocycles. The fraction of sp³-hybridized carbons (Fsp3) is 0.250. The van der Waals surface area contributed by atoms with Crippen molar-refractivity contribution in [2.75, 3.05) is 18.4 Å². The van der Waals surface area contributed by atoms with Crippen LogP contribution in [0.1, 0.15) is 12.8 Å². The van der Waals surface area contributed by atoms with Gasteiger partial charge in [-0.25, -0.2) is 12.8 Å². The van der Waals surface area contributed by atoms with Gasteiger partial charge in [-0.15, -0.1) is 5.10 Å². The van der Waals surface area contributed by atoms with Crippen LogP contribution in [0.4, 0.5) is 10.4 Å². The van der Waals surface area contributed by atoms with Crippen molar-refractivity contribution >= 4 is 21.9 Å². The van der Waals surface area contributed by atoms with Crippen LogP contribution in [0.15, 0.2) is 63.9 Å². The molecule has 1 unspecified atom stereocenters. The fourth-order valence-corrected chi connectivity index (χ4v) is 4.88. The zero-order valence-electron chi connectivity index (χ0n) is 15.9. The monoisotopic (exact) mass is 430 g/mol. The zero-order chi connectivity index (χ0) is 21.1. The number of halogens is 1. The minimum absolute atomic E-state index is 0.0634. The van der Waals surface area contributed by atoms with Crippen LogP contribution < -0.4 is 5.32 Å². The number of amides is 1. The van der Waals surface area contributed by atoms with E-state index in [9.17, 15) is 17.6 Å². The largest absolute Gasteiger partial charge is 0.403 e. The number of aromatic nitrogens is 2. The van der Waals surface area contributed by atoms with E-state index in [1.165, 1.54) is 34.6 Å². The minimum Gasteiger partial charge on any atom is -0.403 e. The van der Waals surface area contributed by atoms with Gasteiger partial charge in [-0.05, 0) is 43.2 Å². The van der Waals surface area contributed by atoms with Crippen molar-refractivity contribution in [2.24, 2.45) is 5.92 Å². The Hall–Kier alpha value is -3.11. The summed E-state index contributed by atoms with van der Waals surface area (Å²) in [5.41, 5.74) is 0.390. The number of anilines is 1. The van der Waals surface area contributed by atoms with E-state index in [0.717, 1.165) is 0 Å². The van der Waals surface area contributed by atoms with Gasteiger partial charge < -0.3 is 4.42 Å². The van der Waals surface area contributed by atoms with Crippen LogP contribution in [0.3, 0.4) is 0 Å². The second-order valence-electron chi connectivity index (χ2n) is 6.93. The van der Waals surface area contributed by atoms with Gasteiger partial charge in [0.05, 0.1) is 10.8 Å². The van der Waals surface area contributed by atoms with Crippen molar-refractivity contribution < 1.29 is 22.0 Å². The number of rotatable bonds is 5. The lowest BCUT2D eigenvalue weighted by Crippen LogP contribution is -2.43. The molecule has 0 spiro atoms. The zero-order valence-corrected chi connectivity index (χ0v) is 16.7. The van der Waals surface area contributed by atoms with Crippen LogP contribution in [0.25, 0.3) is 11.5 Å². The molecule has 10 heteroatoms. The highest BCUT2D eigenvalue weighted by molar-refractivity contribution is 7.89. The Kier molecular flexibility index (Phi) is 5.60. The van der Waals surface area contributed by atoms with Gasteiger partial charge in [0, 0.05) is 18.7 Å². The summed E-state index contributed by atoms with van der Waals surface area (Å²) in [7, 11) is -3.67. The number of sulfonamides is 1. The summed E-state index contributed by atoms with van der Waals surface area (Å²) in [6.45, 7) is 0.416. The van der Waals surface area contributed by atoms with Crippen molar-refractivity contribution in [2.45, 2.75) is 17.7 Å². The third-order valence-corrected chi connectivity index (χ3v) is 6.74. The second-order valence-corrected chi connectivity index (χ2v) is 8.87. The normalized spacial score (nSPS) is 17.6. The maximum Gasteiger partial charge on any atom is 0.322 e. The molecular formula is C20H19FN4O4S. The topological polar surface area (TPSA) is 105 Å². The number of carbonyl (C=O) groups excluding carboxylic acids is 1. The summed E-state index contributed by atoms with van der Waals surface area (Å²) in [5, 5.41) is 10.1. The first kappa shape index (κ1) is 20.2. The Morgan fingerprint density at radius 2 is 1.93 bits per heavy atom. The summed E-state index contributed by atoms with van der Waals surface area (Å²) >= 11 is 0. The Morgan fingerprint density at radius 1 is 1.13 bits per heavy atom. The van der Waals surface area contributed by atoms with Gasteiger partial charge in [-0.2, -0.15) is 4.31 Å². The van der Waals surface area contributed by atoms with E-state index in [1.807, 2.05) is 0 Å². The molecule has 0 bridgehead atoms. The summed E-state index contributed by atoms with van der Waals surface area (Å²) in [6, 6.07) is 13.7. The Labute approximate surface area is 172 Å². The van der Waals surface area contributed by atoms with Gasteiger partial charge >= 0.3 is 6.01 Å². The third-order valence-electron chi connectivity index (χ3n) is 4.86. The highest BCUT2D eigenvalue weighted by Gasteiger charge is 2.33. The van der Waals surface area contributed by atoms with E-state index in [0.29, 0.717) is 24.9 Å². The van der Waals surface area contributed by atoms with E-state index in [1.54, 1.807) is 24.3 Å². The number of hydrogen-bond acceptors (Lipinski definition) is 6. The number of hydrogen-bond donors (Lipinski definition) is 1. The first-order valence-corrected chi connectivity index (χ1v) is 10.8. The van der Waals surface area contributed by atoms with Crippen LogP contribution in [-0.4, -0.2) is 41.9 Å². The van der Waals surface area contributed by atoms with Crippen molar-refractivity contribution in [3.05, 3.63) is 60.4 Å². The lowest BCUT2D eigenvalue weighted by Gasteiger charge is -2.30. The van der Waals surface area contributed by atoms with Crippen molar-refractivity contribution in [3.63, 3.8) is 0 Å². The number of carbonyl (C=O) groups is 1. The molecule has 2 aromatic carbocycles. The van der Waals surface area contributed by atoms with Crippen LogP contribution in [0.2, 0.25) is 0 Å². The molecule has 1 saturated heterocycles. The Bertz CT molecular complexity index is 1150. The molecule has 8 nitrogen and oxygen atoms in total. The van der Waals surface area contributed by atoms with Crippen LogP contribution in [0.5, 0.6) is 0 Å². The number of benzene rings is 2. The number of nitrogens with one attached hydrogen (secondary N) is 1. The van der Waals surface area contributed by atoms with Crippen LogP contribution in [-0.2, 0) is 14.8 Å². The van der Waals surface area contributed by atoms with Crippen molar-refractivity contribution in [3.8, 4) is 11.5 Å². The second kappa shape index (κ2) is 8.33. The highest BCUT2D eigenvalue weighted by atomic mass is 32.2. The summed E-state index contributed by atoms with van der Waals surface area (Å²) < 4.78 is 45.7. The maximum atomic E-state index is 13.4. The summed E-state index contributed by atoms with van der Waals surface area (Å²) in [6.07, 6.45) is 1.10. The van der Waals surface area contributed by atoms with Crippen molar-refractivity contribution in [1.82, 2.24) is 14.5 Å². The van der Waals surface area contributed by atoms with E-state index >= 15 is 0 Å². The van der Waals surface area contributed by atoms with Gasteiger partial charge in [0.2, 0.25) is 21.8 Å². The predicted molar refractivity (Wildman–Crippen MR) is 106 cm³/mol. The third kappa shape index (κ3) is 4.24. The average molecular weight is 430 g/mol. The number of piperidine rings is 1. The molecule has 1 aromatic heterocycles. The molecule has 1 atom stereocenters. The molecule has 2 heterocycles. The van der Waals surface area contributed by atoms with E-state index in [4.69, 9.17) is 4.42 Å². The van der Waals surface area contributed by atoms with Crippen LogP contribution >= 0.6 is 0 Å². The summed E-state index contributed by atoms with van der Waals surface area (Å²) in [5.74, 6) is -1.33. The summed E-state index contributed by atoms with van der Waals surface area (Å²) in [4.78, 5) is 12.9. The fourth-order valence-electron chi connectivity index (χ4n) is 3.34. The Balaban J connectivity index is 1.44. The van der Waals surface area contributed by atoms with E-state index in [-0.39, 0.29) is 23.3 Å². The maximum absolute atomic E-state index is 13.4. The van der Waals surface area contributed by atoms with Gasteiger partial charge in [-0.3, -0.25) is 10.1 Å². The lowest BCUT2D eigenvalue weighted by atomic mass is 9.99. The first-order valence-electron chi connectivity index (χ1n) is 9.39. The van der Waals surface area contributed by atoms with Gasteiger partial charge in [0.25, 0.3) is 0 Å². The van der Waals surface area contributed by atoms with E-state index in [2.05, 4.69) is 15.5 Å². The van der Waals surface area contributed by atoms with Gasteiger partial charge in [0.15, 0.2) is 0 Å². The minimum atomic E-state index is -3.67. The molecule has 1 amide bonds. The molecule has 0 aliphatic carbocycles. The molecule has 30 heavy (non-hydrogen) atoms. The van der Waals surface area contributed by atoms with Gasteiger partial charge in [0.1, 0.15) is 5.82 Å². The van der Waals surface area contributed by atoms with Crippen LogP contribution in [0, 0.1) is 11.7 Å². The SMILES string of the molecule is O=C(Nc1nnc(-c2cccc(F)c2)o1)C1CCCN(S(=O)(=O)c2ccccc2)C1. The average Bonchev–Trinajstić information content (AvgIpc) is 3.23. The van der Waals surface area contributed by atoms with Crippen molar-refractivity contribution in [1.29, 1.82) is 0 Å². The molecule has 3 aromatic rings. The molecule has 1 aliphatic rings. The lowest BCUT2D eigenvalue weighted by molar-refractivity contribution is -0.121. The first-order chi connectivity index (χ1) is 14.4. The number of nitrogens with zero attached hydrogens (tertiary/aromatic N) is 3. The van der Waals surface area contributed by atoms with E-state index < -0.39 is 27.7 Å². The molecule has 4 rings (SSSR count). The highest BCUT2D eigenvalue weighted by Crippen LogP contribution is 2.25. The standard InChI is InChI=1S/C20H19FN4O4S/c21-16-8-4-6-14(12-16)19-23-24-20(29-19)22-18(26)15-7-5-11-25(13-15)30(27,28)17-9-2-1-3-10-17/h1-4,6,8-10,12,15H,5,7,11,13H2,(H,22,24,26). The van der Waals surface area contributed by atoms with Gasteiger partial charge in [-0.1, -0.05) is 29.4 Å². The molecule has 1 N–H and O–H groups in total. The molecule has 0 radical (unpaired) electrons. The smallest absolute Gasteiger partial charge is 0.322 e. The predicted octanol–water partition coefficient (Wildman–Crippen LogP) is 2.92.